The average Bonchev–Trinajstić information content (AvgIpc) is 2.45. The van der Waals surface area contributed by atoms with Gasteiger partial charge in [-0.15, -0.1) is 10.2 Å². The quantitative estimate of drug-likeness (QED) is 0.906. The highest BCUT2D eigenvalue weighted by atomic mass is 19.4. The summed E-state index contributed by atoms with van der Waals surface area (Å²) in [5.74, 6) is -0.295. The predicted octanol–water partition coefficient (Wildman–Crippen LogP) is 2.21. The van der Waals surface area contributed by atoms with Crippen molar-refractivity contribution in [1.82, 2.24) is 10.2 Å². The Morgan fingerprint density at radius 3 is 2.24 bits per heavy atom. The van der Waals surface area contributed by atoms with Crippen LogP contribution in [0.2, 0.25) is 0 Å². The summed E-state index contributed by atoms with van der Waals surface area (Å²) in [6, 6.07) is 7.70. The van der Waals surface area contributed by atoms with Crippen LogP contribution >= 0.6 is 0 Å². The number of carbonyl (C=O) groups is 1. The maximum Gasteiger partial charge on any atom is 0.416 e. The number of halogens is 3. The standard InChI is InChI=1S/C13H11F3N4O/c14-13(15,16)9-3-1-8(2-4-9)7-18-11-6-5-10(12(17)21)19-20-11/h1-6H,7H2,(H2,17,21)(H,18,20). The fourth-order valence-corrected chi connectivity index (χ4v) is 1.56. The highest BCUT2D eigenvalue weighted by Gasteiger charge is 2.29. The number of aromatic nitrogens is 2. The topological polar surface area (TPSA) is 80.9 Å². The number of primary amides is 1. The van der Waals surface area contributed by atoms with Crippen LogP contribution < -0.4 is 11.1 Å². The van der Waals surface area contributed by atoms with Crippen molar-refractivity contribution in [3.63, 3.8) is 0 Å². The van der Waals surface area contributed by atoms with E-state index in [2.05, 4.69) is 15.5 Å². The fraction of sp³-hybridized carbons (Fsp3) is 0.154. The van der Waals surface area contributed by atoms with Gasteiger partial charge >= 0.3 is 6.18 Å². The molecule has 1 aromatic heterocycles. The Kier molecular flexibility index (Phi) is 4.06. The summed E-state index contributed by atoms with van der Waals surface area (Å²) in [6.45, 7) is 0.280. The normalized spacial score (nSPS) is 11.2. The van der Waals surface area contributed by atoms with Crippen LogP contribution in [0.1, 0.15) is 21.6 Å². The van der Waals surface area contributed by atoms with E-state index >= 15 is 0 Å². The lowest BCUT2D eigenvalue weighted by molar-refractivity contribution is -0.137. The molecule has 0 saturated carbocycles. The molecule has 0 radical (unpaired) electrons. The molecule has 0 aliphatic carbocycles. The summed E-state index contributed by atoms with van der Waals surface area (Å²) in [6.07, 6.45) is -4.35. The van der Waals surface area contributed by atoms with E-state index in [-0.39, 0.29) is 12.2 Å². The summed E-state index contributed by atoms with van der Waals surface area (Å²) < 4.78 is 37.2. The molecule has 0 saturated heterocycles. The molecule has 8 heteroatoms. The number of anilines is 1. The van der Waals surface area contributed by atoms with Gasteiger partial charge in [-0.3, -0.25) is 4.79 Å². The van der Waals surface area contributed by atoms with Crippen molar-refractivity contribution in [3.8, 4) is 0 Å². The maximum atomic E-state index is 12.4. The minimum absolute atomic E-state index is 0.0371. The smallest absolute Gasteiger partial charge is 0.365 e. The minimum atomic E-state index is -4.35. The largest absolute Gasteiger partial charge is 0.416 e. The number of alkyl halides is 3. The number of nitrogens with two attached hydrogens (primary N) is 1. The third-order valence-electron chi connectivity index (χ3n) is 2.67. The number of amides is 1. The predicted molar refractivity (Wildman–Crippen MR) is 69.3 cm³/mol. The second kappa shape index (κ2) is 5.78. The molecule has 0 aliphatic heterocycles. The van der Waals surface area contributed by atoms with E-state index < -0.39 is 17.6 Å². The molecule has 2 rings (SSSR count). The first-order chi connectivity index (χ1) is 9.86. The van der Waals surface area contributed by atoms with Gasteiger partial charge in [0.1, 0.15) is 5.82 Å². The van der Waals surface area contributed by atoms with Crippen molar-refractivity contribution >= 4 is 11.7 Å². The number of nitrogens with one attached hydrogen (secondary N) is 1. The van der Waals surface area contributed by atoms with E-state index in [1.54, 1.807) is 0 Å². The number of benzene rings is 1. The van der Waals surface area contributed by atoms with Crippen LogP contribution in [-0.2, 0) is 12.7 Å². The lowest BCUT2D eigenvalue weighted by atomic mass is 10.1. The van der Waals surface area contributed by atoms with Crippen LogP contribution in [0.4, 0.5) is 19.0 Å². The summed E-state index contributed by atoms with van der Waals surface area (Å²) in [4.78, 5) is 10.8. The zero-order valence-electron chi connectivity index (χ0n) is 10.7. The second-order valence-electron chi connectivity index (χ2n) is 4.22. The van der Waals surface area contributed by atoms with Gasteiger partial charge in [-0.25, -0.2) is 0 Å². The van der Waals surface area contributed by atoms with Gasteiger partial charge in [-0.2, -0.15) is 13.2 Å². The average molecular weight is 296 g/mol. The highest BCUT2D eigenvalue weighted by Crippen LogP contribution is 2.29. The lowest BCUT2D eigenvalue weighted by Crippen LogP contribution is -2.14. The molecule has 5 nitrogen and oxygen atoms in total. The van der Waals surface area contributed by atoms with Crippen molar-refractivity contribution in [1.29, 1.82) is 0 Å². The van der Waals surface area contributed by atoms with E-state index in [9.17, 15) is 18.0 Å². The molecule has 0 aliphatic rings. The molecule has 2 aromatic rings. The number of hydrogen-bond donors (Lipinski definition) is 2. The first-order valence-corrected chi connectivity index (χ1v) is 5.90. The number of rotatable bonds is 4. The number of nitrogens with zero attached hydrogens (tertiary/aromatic N) is 2. The summed E-state index contributed by atoms with van der Waals surface area (Å²) in [5, 5.41) is 10.2. The van der Waals surface area contributed by atoms with Crippen LogP contribution in [-0.4, -0.2) is 16.1 Å². The monoisotopic (exact) mass is 296 g/mol. The van der Waals surface area contributed by atoms with Crippen molar-refractivity contribution < 1.29 is 18.0 Å². The van der Waals surface area contributed by atoms with Crippen LogP contribution in [0.5, 0.6) is 0 Å². The van der Waals surface area contributed by atoms with Gasteiger partial charge in [0.15, 0.2) is 5.69 Å². The zero-order chi connectivity index (χ0) is 15.5. The van der Waals surface area contributed by atoms with E-state index in [1.807, 2.05) is 0 Å². The lowest BCUT2D eigenvalue weighted by Gasteiger charge is -2.08. The van der Waals surface area contributed by atoms with Gasteiger partial charge in [0.05, 0.1) is 5.56 Å². The molecule has 0 fully saturated rings. The van der Waals surface area contributed by atoms with Crippen LogP contribution in [0.25, 0.3) is 0 Å². The van der Waals surface area contributed by atoms with Gasteiger partial charge in [0.2, 0.25) is 0 Å². The second-order valence-corrected chi connectivity index (χ2v) is 4.22. The number of hydrogen-bond acceptors (Lipinski definition) is 4. The van der Waals surface area contributed by atoms with Crippen molar-refractivity contribution in [2.75, 3.05) is 5.32 Å². The van der Waals surface area contributed by atoms with E-state index in [0.717, 1.165) is 12.1 Å². The molecule has 1 heterocycles. The molecule has 0 atom stereocenters. The Balaban J connectivity index is 1.98. The molecule has 3 N–H and O–H groups in total. The van der Waals surface area contributed by atoms with Gasteiger partial charge < -0.3 is 11.1 Å². The minimum Gasteiger partial charge on any atom is -0.365 e. The Labute approximate surface area is 118 Å². The molecule has 1 aromatic carbocycles. The Morgan fingerprint density at radius 2 is 1.76 bits per heavy atom. The number of carbonyl (C=O) groups excluding carboxylic acids is 1. The van der Waals surface area contributed by atoms with Gasteiger partial charge in [-0.05, 0) is 29.8 Å². The van der Waals surface area contributed by atoms with E-state index in [0.29, 0.717) is 11.4 Å². The first-order valence-electron chi connectivity index (χ1n) is 5.90. The molecule has 0 bridgehead atoms. The molecular formula is C13H11F3N4O. The molecule has 1 amide bonds. The van der Waals surface area contributed by atoms with E-state index in [1.165, 1.54) is 24.3 Å². The molecule has 0 spiro atoms. The molecule has 0 unspecified atom stereocenters. The molecule has 21 heavy (non-hydrogen) atoms. The third kappa shape index (κ3) is 3.91. The van der Waals surface area contributed by atoms with Crippen molar-refractivity contribution in [3.05, 3.63) is 53.2 Å². The maximum absolute atomic E-state index is 12.4. The Bertz CT molecular complexity index is 623. The third-order valence-corrected chi connectivity index (χ3v) is 2.67. The van der Waals surface area contributed by atoms with Gasteiger partial charge in [-0.1, -0.05) is 12.1 Å². The van der Waals surface area contributed by atoms with Crippen LogP contribution in [0, 0.1) is 0 Å². The Hall–Kier alpha value is -2.64. The summed E-state index contributed by atoms with van der Waals surface area (Å²) >= 11 is 0. The SMILES string of the molecule is NC(=O)c1ccc(NCc2ccc(C(F)(F)F)cc2)nn1. The van der Waals surface area contributed by atoms with E-state index in [4.69, 9.17) is 5.73 Å². The summed E-state index contributed by atoms with van der Waals surface area (Å²) in [7, 11) is 0. The van der Waals surface area contributed by atoms with Crippen molar-refractivity contribution in [2.45, 2.75) is 12.7 Å². The first kappa shape index (κ1) is 14.8. The van der Waals surface area contributed by atoms with Crippen LogP contribution in [0.15, 0.2) is 36.4 Å². The molecular weight excluding hydrogens is 285 g/mol. The summed E-state index contributed by atoms with van der Waals surface area (Å²) in [5.41, 5.74) is 5.02. The van der Waals surface area contributed by atoms with Gasteiger partial charge in [0, 0.05) is 6.54 Å². The molecule has 110 valence electrons. The Morgan fingerprint density at radius 1 is 1.10 bits per heavy atom. The van der Waals surface area contributed by atoms with Crippen LogP contribution in [0.3, 0.4) is 0 Å². The van der Waals surface area contributed by atoms with Gasteiger partial charge in [0.25, 0.3) is 5.91 Å². The zero-order valence-corrected chi connectivity index (χ0v) is 10.7. The van der Waals surface area contributed by atoms with Crippen molar-refractivity contribution in [2.24, 2.45) is 5.73 Å². The highest BCUT2D eigenvalue weighted by molar-refractivity contribution is 5.90. The fourth-order valence-electron chi connectivity index (χ4n) is 1.56.